The average Bonchev–Trinajstić information content (AvgIpc) is 3.22. The Morgan fingerprint density at radius 2 is 1.21 bits per heavy atom. The highest BCUT2D eigenvalue weighted by Crippen LogP contribution is 2.36. The highest BCUT2D eigenvalue weighted by Gasteiger charge is 2.25. The summed E-state index contributed by atoms with van der Waals surface area (Å²) >= 11 is 0. The normalized spacial score (nSPS) is 11.3. The third-order valence-corrected chi connectivity index (χ3v) is 9.32. The second kappa shape index (κ2) is 19.6. The summed E-state index contributed by atoms with van der Waals surface area (Å²) < 4.78 is 5.87. The SMILES string of the molecule is CC(C)Oc1c(CC(=O)c2ccc(CC(=O)[C@H](CC(N)=O)NC(=O)c3ccc(NC(=O)c4ccc([N+](=O)[O-])cc4)cc3)cc2)ccc(C(=O)Cc2ccc(C(N)=O)cc2)c1O. The molecule has 0 fully saturated rings. The van der Waals surface area contributed by atoms with Gasteiger partial charge in [-0.05, 0) is 79.6 Å². The van der Waals surface area contributed by atoms with Gasteiger partial charge in [0.1, 0.15) is 0 Å². The molecule has 0 aliphatic rings. The van der Waals surface area contributed by atoms with Crippen molar-refractivity contribution in [2.24, 2.45) is 11.5 Å². The number of hydrogen-bond acceptors (Lipinski definition) is 11. The van der Waals surface area contributed by atoms with Crippen LogP contribution >= 0.6 is 0 Å². The molecule has 61 heavy (non-hydrogen) atoms. The first-order valence-corrected chi connectivity index (χ1v) is 18.8. The van der Waals surface area contributed by atoms with Gasteiger partial charge < -0.3 is 31.9 Å². The summed E-state index contributed by atoms with van der Waals surface area (Å²) in [5.74, 6) is -4.37. The van der Waals surface area contributed by atoms with Crippen LogP contribution in [0.3, 0.4) is 0 Å². The van der Waals surface area contributed by atoms with Crippen molar-refractivity contribution in [3.8, 4) is 11.5 Å². The summed E-state index contributed by atoms with van der Waals surface area (Å²) in [6.45, 7) is 3.46. The van der Waals surface area contributed by atoms with Crippen molar-refractivity contribution in [3.05, 3.63) is 164 Å². The molecular formula is C45H41N5O11. The van der Waals surface area contributed by atoms with Crippen LogP contribution in [0.15, 0.2) is 109 Å². The number of primary amides is 2. The summed E-state index contributed by atoms with van der Waals surface area (Å²) in [4.78, 5) is 99.3. The van der Waals surface area contributed by atoms with Crippen molar-refractivity contribution < 1.29 is 48.3 Å². The predicted octanol–water partition coefficient (Wildman–Crippen LogP) is 5.08. The van der Waals surface area contributed by atoms with Gasteiger partial charge in [0.05, 0.1) is 29.1 Å². The number of aromatic hydroxyl groups is 1. The molecule has 0 saturated heterocycles. The number of nitro groups is 1. The van der Waals surface area contributed by atoms with Gasteiger partial charge in [0.15, 0.2) is 28.8 Å². The predicted molar refractivity (Wildman–Crippen MR) is 223 cm³/mol. The van der Waals surface area contributed by atoms with Crippen molar-refractivity contribution in [2.75, 3.05) is 5.32 Å². The summed E-state index contributed by atoms with van der Waals surface area (Å²) in [5.41, 5.74) is 13.1. The smallest absolute Gasteiger partial charge is 0.269 e. The number of non-ortho nitro benzene ring substituents is 1. The number of amides is 4. The van der Waals surface area contributed by atoms with E-state index in [2.05, 4.69) is 10.6 Å². The molecule has 16 heteroatoms. The van der Waals surface area contributed by atoms with Crippen LogP contribution in [0.2, 0.25) is 0 Å². The van der Waals surface area contributed by atoms with E-state index < -0.39 is 64.4 Å². The van der Waals surface area contributed by atoms with E-state index in [0.29, 0.717) is 22.4 Å². The van der Waals surface area contributed by atoms with Gasteiger partial charge >= 0.3 is 0 Å². The summed E-state index contributed by atoms with van der Waals surface area (Å²) in [7, 11) is 0. The second-order valence-corrected chi connectivity index (χ2v) is 14.2. The van der Waals surface area contributed by atoms with Crippen molar-refractivity contribution in [2.45, 2.75) is 51.7 Å². The van der Waals surface area contributed by atoms with Crippen LogP contribution in [0.1, 0.15) is 88.7 Å². The zero-order valence-electron chi connectivity index (χ0n) is 33.0. The molecule has 5 rings (SSSR count). The van der Waals surface area contributed by atoms with E-state index in [4.69, 9.17) is 16.2 Å². The molecule has 312 valence electrons. The lowest BCUT2D eigenvalue weighted by molar-refractivity contribution is -0.384. The van der Waals surface area contributed by atoms with E-state index in [0.717, 1.165) is 0 Å². The maximum Gasteiger partial charge on any atom is 0.269 e. The second-order valence-electron chi connectivity index (χ2n) is 14.2. The minimum atomic E-state index is -1.28. The number of ether oxygens (including phenoxy) is 1. The minimum absolute atomic E-state index is 0.00709. The Kier molecular flexibility index (Phi) is 14.2. The molecule has 0 bridgehead atoms. The van der Waals surface area contributed by atoms with Gasteiger partial charge in [-0.25, -0.2) is 0 Å². The molecule has 0 heterocycles. The summed E-state index contributed by atoms with van der Waals surface area (Å²) in [6.07, 6.45) is -1.39. The number of nitrogens with zero attached hydrogens (tertiary/aromatic N) is 1. The van der Waals surface area contributed by atoms with E-state index in [1.54, 1.807) is 38.1 Å². The van der Waals surface area contributed by atoms with E-state index in [-0.39, 0.29) is 64.3 Å². The van der Waals surface area contributed by atoms with E-state index in [1.807, 2.05) is 0 Å². The Morgan fingerprint density at radius 3 is 1.77 bits per heavy atom. The van der Waals surface area contributed by atoms with Crippen LogP contribution in [0, 0.1) is 10.1 Å². The summed E-state index contributed by atoms with van der Waals surface area (Å²) in [5, 5.41) is 27.2. The van der Waals surface area contributed by atoms with Crippen LogP contribution in [0.25, 0.3) is 0 Å². The van der Waals surface area contributed by atoms with E-state index in [9.17, 15) is 48.8 Å². The van der Waals surface area contributed by atoms with Crippen LogP contribution < -0.4 is 26.8 Å². The van der Waals surface area contributed by atoms with Crippen LogP contribution in [-0.2, 0) is 28.9 Å². The quantitative estimate of drug-likeness (QED) is 0.0416. The first kappa shape index (κ1) is 44.1. The highest BCUT2D eigenvalue weighted by atomic mass is 16.6. The third kappa shape index (κ3) is 11.8. The molecule has 1 atom stereocenters. The number of phenolic OH excluding ortho intramolecular Hbond substituents is 1. The number of rotatable bonds is 19. The van der Waals surface area contributed by atoms with Crippen molar-refractivity contribution in [3.63, 3.8) is 0 Å². The molecule has 0 aliphatic heterocycles. The molecular weight excluding hydrogens is 787 g/mol. The number of nitro benzene ring substituents is 1. The van der Waals surface area contributed by atoms with Crippen molar-refractivity contribution in [1.29, 1.82) is 0 Å². The number of hydrogen-bond donors (Lipinski definition) is 5. The molecule has 0 unspecified atom stereocenters. The fourth-order valence-electron chi connectivity index (χ4n) is 6.15. The molecule has 0 aliphatic carbocycles. The Labute approximate surface area is 349 Å². The molecule has 7 N–H and O–H groups in total. The highest BCUT2D eigenvalue weighted by molar-refractivity contribution is 6.05. The Hall–Kier alpha value is -8.01. The number of carbonyl (C=O) groups excluding carboxylic acids is 7. The fraction of sp³-hybridized carbons (Fsp3) is 0.178. The third-order valence-electron chi connectivity index (χ3n) is 9.32. The number of benzene rings is 5. The molecule has 0 radical (unpaired) electrons. The zero-order valence-corrected chi connectivity index (χ0v) is 33.0. The number of nitrogens with two attached hydrogens (primary N) is 2. The molecule has 16 nitrogen and oxygen atoms in total. The van der Waals surface area contributed by atoms with Crippen LogP contribution in [-0.4, -0.2) is 63.2 Å². The maximum absolute atomic E-state index is 13.4. The fourth-order valence-corrected chi connectivity index (χ4v) is 6.15. The largest absolute Gasteiger partial charge is 0.504 e. The number of carbonyl (C=O) groups is 7. The molecule has 0 saturated carbocycles. The molecule has 4 amide bonds. The lowest BCUT2D eigenvalue weighted by atomic mass is 9.95. The molecule has 0 spiro atoms. The lowest BCUT2D eigenvalue weighted by Crippen LogP contribution is -2.44. The van der Waals surface area contributed by atoms with Gasteiger partial charge in [0.25, 0.3) is 17.5 Å². The lowest BCUT2D eigenvalue weighted by Gasteiger charge is -2.18. The monoisotopic (exact) mass is 827 g/mol. The number of phenols is 1. The number of anilines is 1. The van der Waals surface area contributed by atoms with Crippen LogP contribution in [0.4, 0.5) is 11.4 Å². The van der Waals surface area contributed by atoms with Gasteiger partial charge in [-0.3, -0.25) is 43.7 Å². The van der Waals surface area contributed by atoms with Gasteiger partial charge in [-0.15, -0.1) is 0 Å². The molecule has 5 aromatic rings. The first-order valence-electron chi connectivity index (χ1n) is 18.8. The molecule has 5 aromatic carbocycles. The van der Waals surface area contributed by atoms with Crippen molar-refractivity contribution >= 4 is 52.4 Å². The summed E-state index contributed by atoms with van der Waals surface area (Å²) in [6, 6.07) is 24.7. The van der Waals surface area contributed by atoms with E-state index in [1.165, 1.54) is 84.9 Å². The maximum atomic E-state index is 13.4. The van der Waals surface area contributed by atoms with Gasteiger partial charge in [0, 0.05) is 64.9 Å². The Bertz CT molecular complexity index is 2500. The Morgan fingerprint density at radius 1 is 0.672 bits per heavy atom. The van der Waals surface area contributed by atoms with Gasteiger partial charge in [0.2, 0.25) is 11.8 Å². The topological polar surface area (TPSA) is 268 Å². The number of Topliss-reactive ketones (excluding diaryl/α,β-unsaturated/α-hetero) is 3. The van der Waals surface area contributed by atoms with Gasteiger partial charge in [-0.2, -0.15) is 0 Å². The average molecular weight is 828 g/mol. The van der Waals surface area contributed by atoms with Crippen molar-refractivity contribution in [1.82, 2.24) is 5.32 Å². The zero-order chi connectivity index (χ0) is 44.4. The Balaban J connectivity index is 1.21. The standard InChI is InChI=1S/C45H41N5O11/c1-25(2)61-42-32(15-20-35(41(42)55)38(52)21-26-5-9-29(10-6-26)43(47)56)23-37(51)28-7-3-27(4-8-28)22-39(53)36(24-40(46)54)49-45(58)30-11-16-33(17-12-30)48-44(57)31-13-18-34(19-14-31)50(59)60/h3-20,25,36,55H,21-24H2,1-2H3,(H2,46,54)(H2,47,56)(H,48,57)(H,49,58)/t36-/m0/s1. The van der Waals surface area contributed by atoms with Gasteiger partial charge in [-0.1, -0.05) is 42.5 Å². The number of nitrogens with one attached hydrogen (secondary N) is 2. The first-order chi connectivity index (χ1) is 29.0. The van der Waals surface area contributed by atoms with E-state index >= 15 is 0 Å². The van der Waals surface area contributed by atoms with Crippen LogP contribution in [0.5, 0.6) is 11.5 Å². The molecule has 0 aromatic heterocycles. The minimum Gasteiger partial charge on any atom is -0.504 e. The number of ketones is 3.